The van der Waals surface area contributed by atoms with Crippen molar-refractivity contribution in [3.63, 3.8) is 0 Å². The van der Waals surface area contributed by atoms with Crippen LogP contribution in [0.2, 0.25) is 0 Å². The van der Waals surface area contributed by atoms with Crippen molar-refractivity contribution < 1.29 is 18.3 Å². The molecule has 0 fully saturated rings. The lowest BCUT2D eigenvalue weighted by Crippen LogP contribution is -2.24. The molecular formula is C19H20O4S. The average Bonchev–Trinajstić information content (AvgIpc) is 2.62. The molecule has 0 saturated carbocycles. The van der Waals surface area contributed by atoms with Crippen LogP contribution < -0.4 is 4.74 Å². The van der Waals surface area contributed by atoms with Crippen LogP contribution in [0.3, 0.4) is 0 Å². The van der Waals surface area contributed by atoms with Gasteiger partial charge in [0.15, 0.2) is 0 Å². The van der Waals surface area contributed by atoms with E-state index in [-0.39, 0.29) is 15.7 Å². The Kier molecular flexibility index (Phi) is 4.73. The van der Waals surface area contributed by atoms with Crippen molar-refractivity contribution in [1.29, 1.82) is 0 Å². The van der Waals surface area contributed by atoms with E-state index < -0.39 is 15.9 Å². The van der Waals surface area contributed by atoms with Crippen molar-refractivity contribution in [2.75, 3.05) is 7.11 Å². The quantitative estimate of drug-likeness (QED) is 0.924. The zero-order valence-corrected chi connectivity index (χ0v) is 14.2. The van der Waals surface area contributed by atoms with Crippen molar-refractivity contribution in [2.24, 2.45) is 0 Å². The lowest BCUT2D eigenvalue weighted by molar-refractivity contribution is 0.195. The molecule has 4 nitrogen and oxygen atoms in total. The van der Waals surface area contributed by atoms with Crippen molar-refractivity contribution in [3.8, 4) is 5.75 Å². The van der Waals surface area contributed by atoms with Crippen LogP contribution in [0.4, 0.5) is 0 Å². The van der Waals surface area contributed by atoms with Crippen LogP contribution in [0.1, 0.15) is 24.3 Å². The Morgan fingerprint density at radius 2 is 1.79 bits per heavy atom. The van der Waals surface area contributed by atoms with Crippen LogP contribution in [0.25, 0.3) is 0 Å². The summed E-state index contributed by atoms with van der Waals surface area (Å²) in [6.45, 7) is 0. The number of hydrogen-bond acceptors (Lipinski definition) is 4. The van der Waals surface area contributed by atoms with Crippen LogP contribution in [-0.4, -0.2) is 26.7 Å². The van der Waals surface area contributed by atoms with Crippen molar-refractivity contribution in [2.45, 2.75) is 29.8 Å². The van der Waals surface area contributed by atoms with E-state index in [1.54, 1.807) is 43.5 Å². The Balaban J connectivity index is 2.01. The van der Waals surface area contributed by atoms with E-state index in [9.17, 15) is 13.5 Å². The number of sulfone groups is 1. The Morgan fingerprint density at radius 1 is 1.04 bits per heavy atom. The van der Waals surface area contributed by atoms with Crippen molar-refractivity contribution >= 4 is 9.84 Å². The van der Waals surface area contributed by atoms with Gasteiger partial charge in [-0.2, -0.15) is 0 Å². The summed E-state index contributed by atoms with van der Waals surface area (Å²) in [4.78, 5) is 0.300. The summed E-state index contributed by atoms with van der Waals surface area (Å²) in [7, 11) is -2.09. The summed E-state index contributed by atoms with van der Waals surface area (Å²) < 4.78 is 30.9. The molecule has 2 aromatic carbocycles. The summed E-state index contributed by atoms with van der Waals surface area (Å²) in [5.41, 5.74) is 0.988. The van der Waals surface area contributed by atoms with Gasteiger partial charge in [0.25, 0.3) is 0 Å². The minimum Gasteiger partial charge on any atom is -0.497 e. The molecule has 0 heterocycles. The first-order valence-electron chi connectivity index (χ1n) is 7.86. The molecule has 24 heavy (non-hydrogen) atoms. The monoisotopic (exact) mass is 344 g/mol. The molecule has 0 amide bonds. The number of benzene rings is 2. The zero-order valence-electron chi connectivity index (χ0n) is 13.4. The average molecular weight is 344 g/mol. The van der Waals surface area contributed by atoms with Gasteiger partial charge < -0.3 is 9.84 Å². The normalized spacial score (nSPS) is 21.2. The van der Waals surface area contributed by atoms with Crippen LogP contribution in [0.15, 0.2) is 70.5 Å². The summed E-state index contributed by atoms with van der Waals surface area (Å²) in [6.07, 6.45) is 1.84. The van der Waals surface area contributed by atoms with Crippen LogP contribution in [0.5, 0.6) is 5.75 Å². The second kappa shape index (κ2) is 6.79. The van der Waals surface area contributed by atoms with Gasteiger partial charge in [-0.15, -0.1) is 0 Å². The number of aliphatic hydroxyl groups excluding tert-OH is 1. The summed E-state index contributed by atoms with van der Waals surface area (Å²) in [5, 5.41) is 10.3. The molecule has 3 rings (SSSR count). The molecule has 0 aromatic heterocycles. The van der Waals surface area contributed by atoms with Gasteiger partial charge in [0.05, 0.1) is 23.0 Å². The van der Waals surface area contributed by atoms with E-state index in [0.717, 1.165) is 11.3 Å². The number of aliphatic hydroxyl groups is 1. The van der Waals surface area contributed by atoms with Crippen molar-refractivity contribution in [1.82, 2.24) is 0 Å². The van der Waals surface area contributed by atoms with Gasteiger partial charge in [-0.05, 0) is 42.7 Å². The van der Waals surface area contributed by atoms with Gasteiger partial charge in [-0.25, -0.2) is 8.42 Å². The molecule has 1 aliphatic carbocycles. The highest BCUT2D eigenvalue weighted by Gasteiger charge is 2.31. The summed E-state index contributed by atoms with van der Waals surface area (Å²) in [6, 6.07) is 15.8. The maximum atomic E-state index is 12.8. The molecule has 0 spiro atoms. The standard InChI is InChI=1S/C19H20O4S/c1-23-16-7-5-6-14(12-16)15-10-11-18(20)19(13-15)24(21,22)17-8-3-2-4-9-17/h2-9,12-13,15,18,20H,10-11H2,1H3/t15-,18-/m0/s1. The maximum Gasteiger partial charge on any atom is 0.205 e. The highest BCUT2D eigenvalue weighted by atomic mass is 32.2. The number of hydrogen-bond donors (Lipinski definition) is 1. The first kappa shape index (κ1) is 16.7. The van der Waals surface area contributed by atoms with Gasteiger partial charge in [-0.3, -0.25) is 0 Å². The van der Waals surface area contributed by atoms with Gasteiger partial charge >= 0.3 is 0 Å². The molecule has 0 aliphatic heterocycles. The molecule has 2 atom stereocenters. The van der Waals surface area contributed by atoms with Gasteiger partial charge in [-0.1, -0.05) is 36.4 Å². The Bertz CT molecular complexity index is 841. The van der Waals surface area contributed by atoms with E-state index in [1.165, 1.54) is 0 Å². The number of rotatable bonds is 4. The predicted molar refractivity (Wildman–Crippen MR) is 92.7 cm³/mol. The lowest BCUT2D eigenvalue weighted by atomic mass is 9.88. The largest absolute Gasteiger partial charge is 0.497 e. The smallest absolute Gasteiger partial charge is 0.205 e. The van der Waals surface area contributed by atoms with Crippen LogP contribution >= 0.6 is 0 Å². The first-order chi connectivity index (χ1) is 11.5. The lowest BCUT2D eigenvalue weighted by Gasteiger charge is -2.26. The highest BCUT2D eigenvalue weighted by Crippen LogP contribution is 2.36. The molecule has 126 valence electrons. The second-order valence-corrected chi connectivity index (χ2v) is 7.81. The zero-order chi connectivity index (χ0) is 17.2. The third kappa shape index (κ3) is 3.23. The molecule has 1 N–H and O–H groups in total. The molecule has 0 unspecified atom stereocenters. The highest BCUT2D eigenvalue weighted by molar-refractivity contribution is 7.95. The van der Waals surface area contributed by atoms with Crippen LogP contribution in [0, 0.1) is 0 Å². The van der Waals surface area contributed by atoms with Crippen molar-refractivity contribution in [3.05, 3.63) is 71.1 Å². The van der Waals surface area contributed by atoms with E-state index in [4.69, 9.17) is 4.74 Å². The summed E-state index contributed by atoms with van der Waals surface area (Å²) >= 11 is 0. The molecule has 1 aliphatic rings. The van der Waals surface area contributed by atoms with Gasteiger partial charge in [0.1, 0.15) is 5.75 Å². The fourth-order valence-electron chi connectivity index (χ4n) is 3.01. The third-order valence-corrected chi connectivity index (χ3v) is 6.25. The van der Waals surface area contributed by atoms with Crippen LogP contribution in [-0.2, 0) is 9.84 Å². The minimum absolute atomic E-state index is 0.0583. The molecular weight excluding hydrogens is 324 g/mol. The van der Waals surface area contributed by atoms with E-state index in [0.29, 0.717) is 12.8 Å². The number of allylic oxidation sites excluding steroid dienone is 1. The first-order valence-corrected chi connectivity index (χ1v) is 9.34. The SMILES string of the molecule is COc1cccc([C@@H]2C=C(S(=O)(=O)c3ccccc3)[C@@H](O)CC2)c1. The maximum absolute atomic E-state index is 12.8. The fourth-order valence-corrected chi connectivity index (χ4v) is 4.62. The molecule has 5 heteroatoms. The van der Waals surface area contributed by atoms with Gasteiger partial charge in [0.2, 0.25) is 9.84 Å². The van der Waals surface area contributed by atoms with E-state index in [1.807, 2.05) is 24.3 Å². The Labute approximate surface area is 142 Å². The number of ether oxygens (including phenoxy) is 1. The molecule has 2 aromatic rings. The second-order valence-electron chi connectivity index (χ2n) is 5.86. The molecule has 0 radical (unpaired) electrons. The topological polar surface area (TPSA) is 63.6 Å². The Morgan fingerprint density at radius 3 is 2.50 bits per heavy atom. The third-order valence-electron chi connectivity index (χ3n) is 4.33. The number of methoxy groups -OCH3 is 1. The predicted octanol–water partition coefficient (Wildman–Crippen LogP) is 3.29. The minimum atomic E-state index is -3.69. The molecule has 0 saturated heterocycles. The van der Waals surface area contributed by atoms with E-state index in [2.05, 4.69) is 0 Å². The van der Waals surface area contributed by atoms with Gasteiger partial charge in [0, 0.05) is 5.92 Å². The van der Waals surface area contributed by atoms with E-state index >= 15 is 0 Å². The Hall–Kier alpha value is -2.11. The summed E-state index contributed by atoms with van der Waals surface area (Å²) in [5.74, 6) is 0.677. The fraction of sp³-hybridized carbons (Fsp3) is 0.263. The molecule has 0 bridgehead atoms.